The van der Waals surface area contributed by atoms with Gasteiger partial charge in [-0.2, -0.15) is 0 Å². The first kappa shape index (κ1) is 16.4. The molecule has 1 aromatic rings. The van der Waals surface area contributed by atoms with Crippen molar-refractivity contribution in [1.29, 1.82) is 0 Å². The maximum atomic E-state index is 13.0. The molecule has 2 heterocycles. The number of benzene rings is 1. The van der Waals surface area contributed by atoms with Gasteiger partial charge in [0.15, 0.2) is 0 Å². The summed E-state index contributed by atoms with van der Waals surface area (Å²) in [6.45, 7) is 2.48. The van der Waals surface area contributed by atoms with E-state index in [0.29, 0.717) is 25.6 Å². The number of ether oxygens (including phenoxy) is 1. The number of fused-ring (bicyclic) bond motifs is 1. The van der Waals surface area contributed by atoms with Crippen molar-refractivity contribution in [3.63, 3.8) is 0 Å². The predicted octanol–water partition coefficient (Wildman–Crippen LogP) is 3.50. The highest BCUT2D eigenvalue weighted by Gasteiger charge is 2.31. The van der Waals surface area contributed by atoms with Gasteiger partial charge in [0.2, 0.25) is 5.91 Å². The molecule has 2 amide bonds. The highest BCUT2D eigenvalue weighted by molar-refractivity contribution is 5.90. The van der Waals surface area contributed by atoms with Crippen LogP contribution in [-0.4, -0.2) is 36.6 Å². The van der Waals surface area contributed by atoms with Gasteiger partial charge in [-0.25, -0.2) is 4.79 Å². The number of rotatable bonds is 2. The van der Waals surface area contributed by atoms with Crippen LogP contribution in [0.2, 0.25) is 0 Å². The number of cyclic esters (lactones) is 1. The molecular formula is C20H26N2O3. The van der Waals surface area contributed by atoms with Crippen LogP contribution in [0.1, 0.15) is 49.7 Å². The predicted molar refractivity (Wildman–Crippen MR) is 95.4 cm³/mol. The van der Waals surface area contributed by atoms with Gasteiger partial charge in [0.05, 0.1) is 12.2 Å². The Kier molecular flexibility index (Phi) is 4.64. The second-order valence-corrected chi connectivity index (χ2v) is 7.38. The van der Waals surface area contributed by atoms with E-state index in [1.54, 1.807) is 4.90 Å². The summed E-state index contributed by atoms with van der Waals surface area (Å²) >= 11 is 0. The Hall–Kier alpha value is -2.04. The lowest BCUT2D eigenvalue weighted by molar-refractivity contribution is -0.136. The molecule has 1 saturated heterocycles. The van der Waals surface area contributed by atoms with E-state index in [4.69, 9.17) is 4.74 Å². The summed E-state index contributed by atoms with van der Waals surface area (Å²) in [7, 11) is 0. The Balaban J connectivity index is 1.51. The van der Waals surface area contributed by atoms with Gasteiger partial charge in [-0.3, -0.25) is 9.69 Å². The Labute approximate surface area is 148 Å². The molecule has 1 aromatic carbocycles. The summed E-state index contributed by atoms with van der Waals surface area (Å²) < 4.78 is 5.08. The molecule has 0 aromatic heterocycles. The molecule has 0 atom stereocenters. The third-order valence-electron chi connectivity index (χ3n) is 5.81. The molecule has 0 spiro atoms. The zero-order chi connectivity index (χ0) is 17.2. The van der Waals surface area contributed by atoms with Crippen LogP contribution in [0.3, 0.4) is 0 Å². The van der Waals surface area contributed by atoms with Crippen molar-refractivity contribution >= 4 is 17.7 Å². The van der Waals surface area contributed by atoms with E-state index in [9.17, 15) is 9.59 Å². The molecule has 25 heavy (non-hydrogen) atoms. The second kappa shape index (κ2) is 7.06. The third-order valence-corrected chi connectivity index (χ3v) is 5.81. The number of nitrogens with zero attached hydrogens (tertiary/aromatic N) is 2. The topological polar surface area (TPSA) is 49.9 Å². The minimum atomic E-state index is -0.259. The van der Waals surface area contributed by atoms with Crippen molar-refractivity contribution in [1.82, 2.24) is 4.90 Å². The third kappa shape index (κ3) is 3.24. The first-order valence-electron chi connectivity index (χ1n) is 9.58. The Morgan fingerprint density at radius 3 is 2.60 bits per heavy atom. The SMILES string of the molecule is O=C(C1CCCCCC1)N1CCc2c(cccc2N2CCOC2=O)C1. The van der Waals surface area contributed by atoms with Crippen LogP contribution < -0.4 is 4.90 Å². The zero-order valence-electron chi connectivity index (χ0n) is 14.7. The van der Waals surface area contributed by atoms with Crippen molar-refractivity contribution in [2.24, 2.45) is 5.92 Å². The van der Waals surface area contributed by atoms with E-state index in [1.807, 2.05) is 17.0 Å². The minimum absolute atomic E-state index is 0.209. The van der Waals surface area contributed by atoms with E-state index in [1.165, 1.54) is 36.8 Å². The summed E-state index contributed by atoms with van der Waals surface area (Å²) in [6.07, 6.45) is 7.54. The van der Waals surface area contributed by atoms with E-state index in [0.717, 1.165) is 31.5 Å². The van der Waals surface area contributed by atoms with E-state index < -0.39 is 0 Å². The smallest absolute Gasteiger partial charge is 0.414 e. The van der Waals surface area contributed by atoms with E-state index in [2.05, 4.69) is 6.07 Å². The van der Waals surface area contributed by atoms with Gasteiger partial charge in [0.1, 0.15) is 6.61 Å². The van der Waals surface area contributed by atoms with Gasteiger partial charge in [0, 0.05) is 19.0 Å². The average Bonchev–Trinajstić information content (AvgIpc) is 2.90. The average molecular weight is 342 g/mol. The summed E-state index contributed by atoms with van der Waals surface area (Å²) in [5.74, 6) is 0.541. The lowest BCUT2D eigenvalue weighted by Crippen LogP contribution is -2.40. The summed E-state index contributed by atoms with van der Waals surface area (Å²) in [5, 5.41) is 0. The summed E-state index contributed by atoms with van der Waals surface area (Å²) in [5.41, 5.74) is 3.33. The fraction of sp³-hybridized carbons (Fsp3) is 0.600. The molecule has 0 radical (unpaired) electrons. The molecule has 1 saturated carbocycles. The molecule has 0 bridgehead atoms. The summed E-state index contributed by atoms with van der Waals surface area (Å²) in [6, 6.07) is 6.07. The molecule has 2 aliphatic heterocycles. The fourth-order valence-electron chi connectivity index (χ4n) is 4.43. The highest BCUT2D eigenvalue weighted by atomic mass is 16.6. The van der Waals surface area contributed by atoms with Gasteiger partial charge in [-0.1, -0.05) is 37.8 Å². The van der Waals surface area contributed by atoms with Gasteiger partial charge in [-0.15, -0.1) is 0 Å². The second-order valence-electron chi connectivity index (χ2n) is 7.38. The lowest BCUT2D eigenvalue weighted by Gasteiger charge is -2.33. The van der Waals surface area contributed by atoms with Crippen LogP contribution in [0.15, 0.2) is 18.2 Å². The molecule has 0 N–H and O–H groups in total. The van der Waals surface area contributed by atoms with Crippen LogP contribution in [0, 0.1) is 5.92 Å². The molecule has 5 heteroatoms. The minimum Gasteiger partial charge on any atom is -0.447 e. The van der Waals surface area contributed by atoms with Crippen molar-refractivity contribution in [2.45, 2.75) is 51.5 Å². The molecule has 5 nitrogen and oxygen atoms in total. The lowest BCUT2D eigenvalue weighted by atomic mass is 9.94. The molecule has 1 aliphatic carbocycles. The monoisotopic (exact) mass is 342 g/mol. The summed E-state index contributed by atoms with van der Waals surface area (Å²) in [4.78, 5) is 28.6. The maximum absolute atomic E-state index is 13.0. The number of carbonyl (C=O) groups excluding carboxylic acids is 2. The van der Waals surface area contributed by atoms with Gasteiger partial charge >= 0.3 is 6.09 Å². The molecule has 2 fully saturated rings. The Morgan fingerprint density at radius 2 is 1.88 bits per heavy atom. The maximum Gasteiger partial charge on any atom is 0.414 e. The quantitative estimate of drug-likeness (QED) is 0.773. The molecule has 0 unspecified atom stereocenters. The molecule has 3 aliphatic rings. The van der Waals surface area contributed by atoms with Crippen LogP contribution in [0.5, 0.6) is 0 Å². The van der Waals surface area contributed by atoms with Crippen molar-refractivity contribution in [2.75, 3.05) is 24.6 Å². The Bertz CT molecular complexity index is 665. The fourth-order valence-corrected chi connectivity index (χ4v) is 4.43. The van der Waals surface area contributed by atoms with Crippen molar-refractivity contribution in [3.05, 3.63) is 29.3 Å². The van der Waals surface area contributed by atoms with Gasteiger partial charge in [-0.05, 0) is 36.5 Å². The van der Waals surface area contributed by atoms with Crippen LogP contribution in [0.4, 0.5) is 10.5 Å². The number of carbonyl (C=O) groups is 2. The molecule has 4 rings (SSSR count). The Morgan fingerprint density at radius 1 is 1.08 bits per heavy atom. The van der Waals surface area contributed by atoms with Gasteiger partial charge < -0.3 is 9.64 Å². The number of hydrogen-bond acceptors (Lipinski definition) is 3. The van der Waals surface area contributed by atoms with Crippen LogP contribution >= 0.6 is 0 Å². The van der Waals surface area contributed by atoms with Crippen molar-refractivity contribution < 1.29 is 14.3 Å². The van der Waals surface area contributed by atoms with E-state index >= 15 is 0 Å². The molecular weight excluding hydrogens is 316 g/mol. The number of hydrogen-bond donors (Lipinski definition) is 0. The zero-order valence-corrected chi connectivity index (χ0v) is 14.7. The van der Waals surface area contributed by atoms with Crippen LogP contribution in [-0.2, 0) is 22.5 Å². The number of anilines is 1. The standard InChI is InChI=1S/C20H26N2O3/c23-19(15-6-3-1-2-4-7-15)21-11-10-17-16(14-21)8-5-9-18(17)22-12-13-25-20(22)24/h5,8-9,15H,1-4,6-7,10-14H2. The first-order chi connectivity index (χ1) is 12.2. The van der Waals surface area contributed by atoms with Gasteiger partial charge in [0.25, 0.3) is 0 Å². The van der Waals surface area contributed by atoms with E-state index in [-0.39, 0.29) is 12.0 Å². The molecule has 134 valence electrons. The van der Waals surface area contributed by atoms with Crippen LogP contribution in [0.25, 0.3) is 0 Å². The first-order valence-corrected chi connectivity index (χ1v) is 9.58. The normalized spacial score (nSPS) is 21.7. The largest absolute Gasteiger partial charge is 0.447 e. The number of amides is 2. The highest BCUT2D eigenvalue weighted by Crippen LogP contribution is 2.32. The van der Waals surface area contributed by atoms with Crippen molar-refractivity contribution in [3.8, 4) is 0 Å².